The summed E-state index contributed by atoms with van der Waals surface area (Å²) >= 11 is 0. The number of methoxy groups -OCH3 is 1. The molecule has 3 heteroatoms. The Morgan fingerprint density at radius 2 is 2.13 bits per heavy atom. The van der Waals surface area contributed by atoms with E-state index in [-0.39, 0.29) is 0 Å². The van der Waals surface area contributed by atoms with Crippen LogP contribution in [0.5, 0.6) is 0 Å². The Morgan fingerprint density at radius 3 is 2.73 bits per heavy atom. The Morgan fingerprint density at radius 1 is 1.40 bits per heavy atom. The van der Waals surface area contributed by atoms with E-state index in [9.17, 15) is 0 Å². The predicted octanol–water partition coefficient (Wildman–Crippen LogP) is 2.46. The van der Waals surface area contributed by atoms with Crippen molar-refractivity contribution in [3.63, 3.8) is 0 Å². The van der Waals surface area contributed by atoms with Gasteiger partial charge < -0.3 is 14.5 Å². The minimum Gasteiger partial charge on any atom is -0.462 e. The van der Waals surface area contributed by atoms with E-state index >= 15 is 0 Å². The van der Waals surface area contributed by atoms with Crippen LogP contribution < -0.4 is 5.32 Å². The normalized spacial score (nSPS) is 18.8. The summed E-state index contributed by atoms with van der Waals surface area (Å²) in [6, 6.07) is 3.99. The summed E-state index contributed by atoms with van der Waals surface area (Å²) in [5, 5.41) is 3.53. The highest BCUT2D eigenvalue weighted by atomic mass is 16.5. The number of furan rings is 1. The molecule has 0 spiro atoms. The highest BCUT2D eigenvalue weighted by Crippen LogP contribution is 2.31. The van der Waals surface area contributed by atoms with Crippen molar-refractivity contribution in [3.05, 3.63) is 23.7 Å². The van der Waals surface area contributed by atoms with Gasteiger partial charge in [-0.3, -0.25) is 0 Å². The van der Waals surface area contributed by atoms with Crippen molar-refractivity contribution in [1.82, 2.24) is 5.32 Å². The van der Waals surface area contributed by atoms with Gasteiger partial charge in [-0.25, -0.2) is 0 Å². The van der Waals surface area contributed by atoms with Crippen LogP contribution in [0.2, 0.25) is 0 Å². The smallest absolute Gasteiger partial charge is 0.129 e. The molecule has 1 aliphatic carbocycles. The molecule has 0 amide bonds. The highest BCUT2D eigenvalue weighted by Gasteiger charge is 2.30. The second-order valence-corrected chi connectivity index (χ2v) is 4.57. The van der Waals surface area contributed by atoms with E-state index in [1.807, 2.05) is 12.1 Å². The Balaban J connectivity index is 1.82. The fourth-order valence-electron chi connectivity index (χ4n) is 1.92. The number of rotatable bonds is 5. The molecule has 2 rings (SSSR count). The van der Waals surface area contributed by atoms with Gasteiger partial charge in [-0.2, -0.15) is 0 Å². The molecule has 0 radical (unpaired) electrons. The third kappa shape index (κ3) is 2.61. The molecule has 0 unspecified atom stereocenters. The topological polar surface area (TPSA) is 34.4 Å². The number of hydrogen-bond donors (Lipinski definition) is 1. The van der Waals surface area contributed by atoms with Crippen LogP contribution in [-0.2, 0) is 17.9 Å². The standard InChI is InChI=1S/C12H19NO2/c1-12(6-3-7-12)13-8-10-4-5-11(15-10)9-14-2/h4-5,13H,3,6-9H2,1-2H3. The molecule has 84 valence electrons. The van der Waals surface area contributed by atoms with Crippen LogP contribution in [0.1, 0.15) is 37.7 Å². The van der Waals surface area contributed by atoms with Crippen LogP contribution in [0, 0.1) is 0 Å². The van der Waals surface area contributed by atoms with Crippen molar-refractivity contribution in [2.75, 3.05) is 7.11 Å². The molecule has 1 aromatic heterocycles. The SMILES string of the molecule is COCc1ccc(CNC2(C)CCC2)o1. The molecule has 0 aromatic carbocycles. The quantitative estimate of drug-likeness (QED) is 0.809. The average Bonchev–Trinajstić information content (AvgIpc) is 2.60. The Labute approximate surface area is 90.8 Å². The van der Waals surface area contributed by atoms with Gasteiger partial charge in [-0.15, -0.1) is 0 Å². The van der Waals surface area contributed by atoms with E-state index in [0.717, 1.165) is 18.1 Å². The maximum Gasteiger partial charge on any atom is 0.129 e. The Hall–Kier alpha value is -0.800. The summed E-state index contributed by atoms with van der Waals surface area (Å²) in [5.41, 5.74) is 0.341. The van der Waals surface area contributed by atoms with Crippen LogP contribution in [0.3, 0.4) is 0 Å². The highest BCUT2D eigenvalue weighted by molar-refractivity contribution is 5.07. The van der Waals surface area contributed by atoms with E-state index in [4.69, 9.17) is 9.15 Å². The van der Waals surface area contributed by atoms with Crippen molar-refractivity contribution in [2.45, 2.75) is 44.9 Å². The molecule has 1 N–H and O–H groups in total. The van der Waals surface area contributed by atoms with Crippen molar-refractivity contribution in [1.29, 1.82) is 0 Å². The van der Waals surface area contributed by atoms with E-state index in [1.54, 1.807) is 7.11 Å². The lowest BCUT2D eigenvalue weighted by Gasteiger charge is -2.39. The zero-order chi connectivity index (χ0) is 10.7. The van der Waals surface area contributed by atoms with Gasteiger partial charge in [0, 0.05) is 12.6 Å². The van der Waals surface area contributed by atoms with Crippen molar-refractivity contribution >= 4 is 0 Å². The van der Waals surface area contributed by atoms with Gasteiger partial charge in [0.2, 0.25) is 0 Å². The minimum atomic E-state index is 0.341. The van der Waals surface area contributed by atoms with Gasteiger partial charge >= 0.3 is 0 Å². The fourth-order valence-corrected chi connectivity index (χ4v) is 1.92. The Kier molecular flexibility index (Phi) is 3.12. The molecule has 15 heavy (non-hydrogen) atoms. The van der Waals surface area contributed by atoms with Gasteiger partial charge in [0.05, 0.1) is 6.54 Å². The van der Waals surface area contributed by atoms with Crippen LogP contribution in [0.25, 0.3) is 0 Å². The van der Waals surface area contributed by atoms with Crippen LogP contribution in [-0.4, -0.2) is 12.6 Å². The molecule has 0 saturated heterocycles. The van der Waals surface area contributed by atoms with E-state index < -0.39 is 0 Å². The fraction of sp³-hybridized carbons (Fsp3) is 0.667. The first-order chi connectivity index (χ1) is 7.22. The molecule has 1 aliphatic rings. The third-order valence-corrected chi connectivity index (χ3v) is 3.15. The number of nitrogens with one attached hydrogen (secondary N) is 1. The van der Waals surface area contributed by atoms with Crippen molar-refractivity contribution in [2.24, 2.45) is 0 Å². The maximum atomic E-state index is 5.60. The number of ether oxygens (including phenoxy) is 1. The second kappa shape index (κ2) is 4.37. The zero-order valence-corrected chi connectivity index (χ0v) is 9.51. The van der Waals surface area contributed by atoms with E-state index in [1.165, 1.54) is 19.3 Å². The lowest BCUT2D eigenvalue weighted by atomic mass is 9.78. The van der Waals surface area contributed by atoms with Gasteiger partial charge in [-0.1, -0.05) is 0 Å². The first-order valence-electron chi connectivity index (χ1n) is 5.53. The largest absolute Gasteiger partial charge is 0.462 e. The summed E-state index contributed by atoms with van der Waals surface area (Å²) in [6.07, 6.45) is 3.90. The first kappa shape index (κ1) is 10.7. The minimum absolute atomic E-state index is 0.341. The van der Waals surface area contributed by atoms with Crippen molar-refractivity contribution in [3.8, 4) is 0 Å². The Bertz CT molecular complexity index is 315. The summed E-state index contributed by atoms with van der Waals surface area (Å²) in [7, 11) is 1.68. The average molecular weight is 209 g/mol. The van der Waals surface area contributed by atoms with E-state index in [2.05, 4.69) is 12.2 Å². The van der Waals surface area contributed by atoms with Gasteiger partial charge in [0.25, 0.3) is 0 Å². The van der Waals surface area contributed by atoms with Crippen LogP contribution >= 0.6 is 0 Å². The zero-order valence-electron chi connectivity index (χ0n) is 9.51. The summed E-state index contributed by atoms with van der Waals surface area (Å²) < 4.78 is 10.6. The molecule has 1 fully saturated rings. The lowest BCUT2D eigenvalue weighted by molar-refractivity contribution is 0.160. The molecule has 1 heterocycles. The number of hydrogen-bond acceptors (Lipinski definition) is 3. The van der Waals surface area contributed by atoms with Gasteiger partial charge in [0.1, 0.15) is 18.1 Å². The predicted molar refractivity (Wildman–Crippen MR) is 58.5 cm³/mol. The molecule has 0 bridgehead atoms. The van der Waals surface area contributed by atoms with Gasteiger partial charge in [-0.05, 0) is 38.3 Å². The molecular weight excluding hydrogens is 190 g/mol. The summed E-state index contributed by atoms with van der Waals surface area (Å²) in [6.45, 7) is 3.65. The molecule has 0 aliphatic heterocycles. The molecule has 0 atom stereocenters. The van der Waals surface area contributed by atoms with Crippen LogP contribution in [0.4, 0.5) is 0 Å². The maximum absolute atomic E-state index is 5.60. The monoisotopic (exact) mass is 209 g/mol. The molecular formula is C12H19NO2. The third-order valence-electron chi connectivity index (χ3n) is 3.15. The summed E-state index contributed by atoms with van der Waals surface area (Å²) in [5.74, 6) is 1.89. The first-order valence-corrected chi connectivity index (χ1v) is 5.53. The van der Waals surface area contributed by atoms with Crippen molar-refractivity contribution < 1.29 is 9.15 Å². The van der Waals surface area contributed by atoms with E-state index in [0.29, 0.717) is 12.1 Å². The summed E-state index contributed by atoms with van der Waals surface area (Å²) in [4.78, 5) is 0. The molecule has 3 nitrogen and oxygen atoms in total. The lowest BCUT2D eigenvalue weighted by Crippen LogP contribution is -2.47. The van der Waals surface area contributed by atoms with Gasteiger partial charge in [0.15, 0.2) is 0 Å². The van der Waals surface area contributed by atoms with Crippen LogP contribution in [0.15, 0.2) is 16.5 Å². The molecule has 1 aromatic rings. The molecule has 1 saturated carbocycles. The second-order valence-electron chi connectivity index (χ2n) is 4.57.